The second-order valence-electron chi connectivity index (χ2n) is 4.89. The Labute approximate surface area is 140 Å². The molecule has 0 saturated carbocycles. The fraction of sp³-hybridized carbons (Fsp3) is 0.235. The number of amides is 1. The zero-order valence-corrected chi connectivity index (χ0v) is 13.7. The molecule has 2 rings (SSSR count). The molecule has 116 valence electrons. The minimum atomic E-state index is -0.0994. The predicted octanol–water partition coefficient (Wildman–Crippen LogP) is 5.10. The predicted molar refractivity (Wildman–Crippen MR) is 91.0 cm³/mol. The molecule has 0 aliphatic rings. The Bertz CT molecular complexity index is 659. The van der Waals surface area contributed by atoms with Crippen molar-refractivity contribution >= 4 is 34.8 Å². The number of carbonyl (C=O) groups excluding carboxylic acids is 1. The first-order valence-electron chi connectivity index (χ1n) is 6.99. The monoisotopic (exact) mass is 337 g/mol. The Hall–Kier alpha value is -1.71. The fourth-order valence-corrected chi connectivity index (χ4v) is 2.39. The minimum absolute atomic E-state index is 0.0994. The third kappa shape index (κ3) is 4.93. The van der Waals surface area contributed by atoms with Crippen molar-refractivity contribution in [2.75, 3.05) is 11.9 Å². The standard InChI is InChI=1S/C17H17Cl2NO2/c1-12-5-2-3-6-16(12)22-10-4-7-17(21)20-15-9-8-13(18)11-14(15)19/h2-3,5-6,8-9,11H,4,7,10H2,1H3,(H,20,21). The number of anilines is 1. The average molecular weight is 338 g/mol. The smallest absolute Gasteiger partial charge is 0.224 e. The van der Waals surface area contributed by atoms with Gasteiger partial charge in [0.05, 0.1) is 17.3 Å². The number of ether oxygens (including phenoxy) is 1. The first kappa shape index (κ1) is 16.7. The van der Waals surface area contributed by atoms with Gasteiger partial charge in [-0.2, -0.15) is 0 Å². The van der Waals surface area contributed by atoms with Gasteiger partial charge in [-0.25, -0.2) is 0 Å². The Balaban J connectivity index is 1.75. The van der Waals surface area contributed by atoms with E-state index in [9.17, 15) is 4.79 Å². The van der Waals surface area contributed by atoms with Crippen LogP contribution in [0.5, 0.6) is 5.75 Å². The molecule has 0 aliphatic carbocycles. The molecular formula is C17H17Cl2NO2. The number of carbonyl (C=O) groups is 1. The quantitative estimate of drug-likeness (QED) is 0.744. The molecule has 0 atom stereocenters. The Kier molecular flexibility index (Phi) is 6.10. The topological polar surface area (TPSA) is 38.3 Å². The van der Waals surface area contributed by atoms with Gasteiger partial charge >= 0.3 is 0 Å². The van der Waals surface area contributed by atoms with E-state index in [-0.39, 0.29) is 5.91 Å². The molecule has 22 heavy (non-hydrogen) atoms. The molecule has 0 aliphatic heterocycles. The molecule has 1 N–H and O–H groups in total. The van der Waals surface area contributed by atoms with E-state index in [2.05, 4.69) is 5.32 Å². The number of para-hydroxylation sites is 1. The van der Waals surface area contributed by atoms with Crippen molar-refractivity contribution in [3.63, 3.8) is 0 Å². The van der Waals surface area contributed by atoms with Crippen LogP contribution in [-0.2, 0) is 4.79 Å². The van der Waals surface area contributed by atoms with Gasteiger partial charge in [0.15, 0.2) is 0 Å². The van der Waals surface area contributed by atoms with Gasteiger partial charge in [0.2, 0.25) is 5.91 Å². The molecular weight excluding hydrogens is 321 g/mol. The van der Waals surface area contributed by atoms with Gasteiger partial charge in [-0.15, -0.1) is 0 Å². The first-order chi connectivity index (χ1) is 10.6. The summed E-state index contributed by atoms with van der Waals surface area (Å²) in [4.78, 5) is 11.9. The molecule has 1 amide bonds. The molecule has 0 bridgehead atoms. The number of aryl methyl sites for hydroxylation is 1. The lowest BCUT2D eigenvalue weighted by atomic mass is 10.2. The van der Waals surface area contributed by atoms with Crippen LogP contribution in [0.4, 0.5) is 5.69 Å². The van der Waals surface area contributed by atoms with Crippen molar-refractivity contribution in [3.8, 4) is 5.75 Å². The summed E-state index contributed by atoms with van der Waals surface area (Å²) in [6.45, 7) is 2.48. The SMILES string of the molecule is Cc1ccccc1OCCCC(=O)Nc1ccc(Cl)cc1Cl. The number of rotatable bonds is 6. The van der Waals surface area contributed by atoms with E-state index in [1.165, 1.54) is 0 Å². The highest BCUT2D eigenvalue weighted by atomic mass is 35.5. The van der Waals surface area contributed by atoms with E-state index in [0.29, 0.717) is 35.2 Å². The van der Waals surface area contributed by atoms with Gasteiger partial charge in [-0.05, 0) is 43.2 Å². The van der Waals surface area contributed by atoms with Gasteiger partial charge < -0.3 is 10.1 Å². The molecule has 2 aromatic carbocycles. The van der Waals surface area contributed by atoms with E-state index in [4.69, 9.17) is 27.9 Å². The molecule has 3 nitrogen and oxygen atoms in total. The van der Waals surface area contributed by atoms with Crippen LogP contribution in [0, 0.1) is 6.92 Å². The van der Waals surface area contributed by atoms with Gasteiger partial charge in [0.25, 0.3) is 0 Å². The molecule has 0 radical (unpaired) electrons. The van der Waals surface area contributed by atoms with Crippen molar-refractivity contribution in [1.29, 1.82) is 0 Å². The lowest BCUT2D eigenvalue weighted by molar-refractivity contribution is -0.116. The third-order valence-corrected chi connectivity index (χ3v) is 3.65. The van der Waals surface area contributed by atoms with E-state index in [1.54, 1.807) is 18.2 Å². The van der Waals surface area contributed by atoms with Crippen LogP contribution in [0.15, 0.2) is 42.5 Å². The van der Waals surface area contributed by atoms with Gasteiger partial charge in [0.1, 0.15) is 5.75 Å². The largest absolute Gasteiger partial charge is 0.493 e. The van der Waals surface area contributed by atoms with Crippen LogP contribution >= 0.6 is 23.2 Å². The maximum absolute atomic E-state index is 11.9. The van der Waals surface area contributed by atoms with E-state index in [0.717, 1.165) is 11.3 Å². The summed E-state index contributed by atoms with van der Waals surface area (Å²) < 4.78 is 5.65. The van der Waals surface area contributed by atoms with Crippen LogP contribution in [0.25, 0.3) is 0 Å². The second kappa shape index (κ2) is 8.06. The van der Waals surface area contributed by atoms with Crippen LogP contribution in [0.2, 0.25) is 10.0 Å². The second-order valence-corrected chi connectivity index (χ2v) is 5.73. The normalized spacial score (nSPS) is 10.3. The number of hydrogen-bond donors (Lipinski definition) is 1. The summed E-state index contributed by atoms with van der Waals surface area (Å²) in [7, 11) is 0. The fourth-order valence-electron chi connectivity index (χ4n) is 1.94. The summed E-state index contributed by atoms with van der Waals surface area (Å²) in [6, 6.07) is 12.8. The van der Waals surface area contributed by atoms with Crippen molar-refractivity contribution in [3.05, 3.63) is 58.1 Å². The van der Waals surface area contributed by atoms with Crippen molar-refractivity contribution in [1.82, 2.24) is 0 Å². The highest BCUT2D eigenvalue weighted by Gasteiger charge is 2.06. The Morgan fingerprint density at radius 2 is 1.95 bits per heavy atom. The first-order valence-corrected chi connectivity index (χ1v) is 7.75. The minimum Gasteiger partial charge on any atom is -0.493 e. The van der Waals surface area contributed by atoms with Crippen LogP contribution in [0.3, 0.4) is 0 Å². The van der Waals surface area contributed by atoms with Crippen LogP contribution < -0.4 is 10.1 Å². The zero-order valence-electron chi connectivity index (χ0n) is 12.2. The van der Waals surface area contributed by atoms with Crippen LogP contribution in [0.1, 0.15) is 18.4 Å². The number of benzene rings is 2. The summed E-state index contributed by atoms with van der Waals surface area (Å²) >= 11 is 11.8. The van der Waals surface area contributed by atoms with E-state index in [1.807, 2.05) is 31.2 Å². The van der Waals surface area contributed by atoms with Gasteiger partial charge in [-0.3, -0.25) is 4.79 Å². The average Bonchev–Trinajstić information content (AvgIpc) is 2.48. The van der Waals surface area contributed by atoms with Crippen molar-refractivity contribution in [2.24, 2.45) is 0 Å². The molecule has 0 fully saturated rings. The zero-order chi connectivity index (χ0) is 15.9. The highest BCUT2D eigenvalue weighted by Crippen LogP contribution is 2.25. The third-order valence-electron chi connectivity index (χ3n) is 3.10. The highest BCUT2D eigenvalue weighted by molar-refractivity contribution is 6.36. The van der Waals surface area contributed by atoms with Gasteiger partial charge in [-0.1, -0.05) is 41.4 Å². The summed E-state index contributed by atoms with van der Waals surface area (Å²) in [5.74, 6) is 0.751. The summed E-state index contributed by atoms with van der Waals surface area (Å²) in [5.41, 5.74) is 1.65. The molecule has 0 spiro atoms. The Morgan fingerprint density at radius 1 is 1.18 bits per heavy atom. The molecule has 5 heteroatoms. The molecule has 0 unspecified atom stereocenters. The number of hydrogen-bond acceptors (Lipinski definition) is 2. The van der Waals surface area contributed by atoms with Crippen LogP contribution in [-0.4, -0.2) is 12.5 Å². The number of halogens is 2. The maximum atomic E-state index is 11.9. The van der Waals surface area contributed by atoms with Gasteiger partial charge in [0, 0.05) is 11.4 Å². The summed E-state index contributed by atoms with van der Waals surface area (Å²) in [5, 5.41) is 3.73. The van der Waals surface area contributed by atoms with E-state index >= 15 is 0 Å². The molecule has 0 aromatic heterocycles. The van der Waals surface area contributed by atoms with Crippen molar-refractivity contribution in [2.45, 2.75) is 19.8 Å². The molecule has 2 aromatic rings. The summed E-state index contributed by atoms with van der Waals surface area (Å²) in [6.07, 6.45) is 0.996. The Morgan fingerprint density at radius 3 is 2.68 bits per heavy atom. The van der Waals surface area contributed by atoms with Crippen molar-refractivity contribution < 1.29 is 9.53 Å². The lowest BCUT2D eigenvalue weighted by Gasteiger charge is -2.09. The molecule has 0 heterocycles. The molecule has 0 saturated heterocycles. The lowest BCUT2D eigenvalue weighted by Crippen LogP contribution is -2.13. The van der Waals surface area contributed by atoms with E-state index < -0.39 is 0 Å². The maximum Gasteiger partial charge on any atom is 0.224 e. The number of nitrogens with one attached hydrogen (secondary N) is 1.